The van der Waals surface area contributed by atoms with Crippen molar-refractivity contribution in [3.05, 3.63) is 60.0 Å². The number of nitrogens with zero attached hydrogens (tertiary/aromatic N) is 1. The van der Waals surface area contributed by atoms with Crippen LogP contribution in [0.5, 0.6) is 0 Å². The van der Waals surface area contributed by atoms with Crippen molar-refractivity contribution in [2.75, 3.05) is 7.11 Å². The zero-order valence-electron chi connectivity index (χ0n) is 13.7. The van der Waals surface area contributed by atoms with Crippen molar-refractivity contribution >= 4 is 11.9 Å². The van der Waals surface area contributed by atoms with Crippen LogP contribution >= 0.6 is 0 Å². The summed E-state index contributed by atoms with van der Waals surface area (Å²) >= 11 is 0. The maximum atomic E-state index is 14.2. The number of hydrogen-bond acceptors (Lipinski definition) is 3. The summed E-state index contributed by atoms with van der Waals surface area (Å²) < 4.78 is 45.4. The normalized spacial score (nSPS) is 20.1. The summed E-state index contributed by atoms with van der Waals surface area (Å²) in [7, 11) is 1.22. The largest absolute Gasteiger partial charge is 0.466 e. The van der Waals surface area contributed by atoms with Crippen molar-refractivity contribution in [2.24, 2.45) is 0 Å². The van der Waals surface area contributed by atoms with Gasteiger partial charge in [-0.2, -0.15) is 0 Å². The molecule has 1 aliphatic heterocycles. The Bertz CT molecular complexity index is 718. The highest BCUT2D eigenvalue weighted by molar-refractivity contribution is 5.82. The standard InChI is InChI=1S/C18H18F3NO3/c1-3-4-15(23)22-11(6-10-16(24)25-2)5-9-14(22)12-7-8-13(19)18(21)17(12)20/h3,6-8,10-11,14H,1,4-5,9H2,2H3/b10-6+/t11-,14+/m1/s1. The van der Waals surface area contributed by atoms with Gasteiger partial charge in [-0.1, -0.05) is 18.2 Å². The Morgan fingerprint density at radius 2 is 2.00 bits per heavy atom. The third-order valence-electron chi connectivity index (χ3n) is 4.12. The number of rotatable bonds is 5. The Labute approximate surface area is 143 Å². The number of likely N-dealkylation sites (tertiary alicyclic amines) is 1. The van der Waals surface area contributed by atoms with Gasteiger partial charge >= 0.3 is 5.97 Å². The first-order valence-electron chi connectivity index (χ1n) is 7.72. The van der Waals surface area contributed by atoms with E-state index in [1.807, 2.05) is 0 Å². The van der Waals surface area contributed by atoms with Crippen molar-refractivity contribution in [1.82, 2.24) is 4.90 Å². The quantitative estimate of drug-likeness (QED) is 0.353. The van der Waals surface area contributed by atoms with Gasteiger partial charge in [-0.05, 0) is 18.9 Å². The monoisotopic (exact) mass is 353 g/mol. The molecule has 0 aliphatic carbocycles. The van der Waals surface area contributed by atoms with Crippen LogP contribution < -0.4 is 0 Å². The molecular formula is C18H18F3NO3. The molecule has 25 heavy (non-hydrogen) atoms. The Morgan fingerprint density at radius 3 is 2.64 bits per heavy atom. The minimum absolute atomic E-state index is 0.00433. The average molecular weight is 353 g/mol. The van der Waals surface area contributed by atoms with Crippen molar-refractivity contribution in [3.63, 3.8) is 0 Å². The summed E-state index contributed by atoms with van der Waals surface area (Å²) in [4.78, 5) is 25.1. The van der Waals surface area contributed by atoms with Gasteiger partial charge in [-0.15, -0.1) is 6.58 Å². The highest BCUT2D eigenvalue weighted by Gasteiger charge is 2.38. The van der Waals surface area contributed by atoms with Gasteiger partial charge in [0.2, 0.25) is 5.91 Å². The molecular weight excluding hydrogens is 335 g/mol. The number of amides is 1. The highest BCUT2D eigenvalue weighted by Crippen LogP contribution is 2.39. The van der Waals surface area contributed by atoms with E-state index in [0.717, 1.165) is 12.1 Å². The van der Waals surface area contributed by atoms with E-state index in [9.17, 15) is 22.8 Å². The van der Waals surface area contributed by atoms with E-state index in [-0.39, 0.29) is 17.9 Å². The van der Waals surface area contributed by atoms with E-state index in [0.29, 0.717) is 12.8 Å². The van der Waals surface area contributed by atoms with Gasteiger partial charge in [-0.3, -0.25) is 4.79 Å². The smallest absolute Gasteiger partial charge is 0.330 e. The van der Waals surface area contributed by atoms with E-state index in [1.54, 1.807) is 0 Å². The summed E-state index contributed by atoms with van der Waals surface area (Å²) in [6.45, 7) is 3.50. The molecule has 0 bridgehead atoms. The maximum absolute atomic E-state index is 14.2. The fourth-order valence-corrected chi connectivity index (χ4v) is 2.98. The number of benzene rings is 1. The topological polar surface area (TPSA) is 46.6 Å². The van der Waals surface area contributed by atoms with Crippen molar-refractivity contribution < 1.29 is 27.5 Å². The SMILES string of the molecule is C=CCC(=O)N1[C@@H](/C=C/C(=O)OC)CC[C@H]1c1ccc(F)c(F)c1F. The molecule has 1 aromatic rings. The van der Waals surface area contributed by atoms with Crippen LogP contribution in [0.1, 0.15) is 30.9 Å². The molecule has 1 heterocycles. The zero-order valence-corrected chi connectivity index (χ0v) is 13.7. The molecule has 1 amide bonds. The number of methoxy groups -OCH3 is 1. The molecule has 0 spiro atoms. The summed E-state index contributed by atoms with van der Waals surface area (Å²) in [5.74, 6) is -5.09. The minimum Gasteiger partial charge on any atom is -0.466 e. The number of esters is 1. The summed E-state index contributed by atoms with van der Waals surface area (Å²) in [6.07, 6.45) is 4.87. The summed E-state index contributed by atoms with van der Waals surface area (Å²) in [5, 5.41) is 0. The molecule has 0 aromatic heterocycles. The molecule has 2 rings (SSSR count). The van der Waals surface area contributed by atoms with E-state index < -0.39 is 35.5 Å². The first kappa shape index (κ1) is 18.8. The lowest BCUT2D eigenvalue weighted by Gasteiger charge is -2.29. The van der Waals surface area contributed by atoms with Crippen molar-refractivity contribution in [3.8, 4) is 0 Å². The van der Waals surface area contributed by atoms with E-state index >= 15 is 0 Å². The number of ether oxygens (including phenoxy) is 1. The predicted octanol–water partition coefficient (Wildman–Crippen LogP) is 3.44. The zero-order chi connectivity index (χ0) is 18.6. The molecule has 0 radical (unpaired) electrons. The fourth-order valence-electron chi connectivity index (χ4n) is 2.98. The molecule has 4 nitrogen and oxygen atoms in total. The van der Waals surface area contributed by atoms with Gasteiger partial charge in [0.05, 0.1) is 19.2 Å². The molecule has 0 unspecified atom stereocenters. The number of hydrogen-bond donors (Lipinski definition) is 0. The van der Waals surface area contributed by atoms with Crippen LogP contribution in [0.3, 0.4) is 0 Å². The van der Waals surface area contributed by atoms with E-state index in [1.165, 1.54) is 30.2 Å². The van der Waals surface area contributed by atoms with Crippen molar-refractivity contribution in [2.45, 2.75) is 31.3 Å². The minimum atomic E-state index is -1.57. The van der Waals surface area contributed by atoms with E-state index in [4.69, 9.17) is 0 Å². The molecule has 0 N–H and O–H groups in total. The van der Waals surface area contributed by atoms with Gasteiger partial charge < -0.3 is 9.64 Å². The predicted molar refractivity (Wildman–Crippen MR) is 84.9 cm³/mol. The second-order valence-electron chi connectivity index (χ2n) is 5.60. The van der Waals surface area contributed by atoms with Crippen LogP contribution in [-0.2, 0) is 14.3 Å². The van der Waals surface area contributed by atoms with Crippen LogP contribution in [0.4, 0.5) is 13.2 Å². The first-order chi connectivity index (χ1) is 11.9. The summed E-state index contributed by atoms with van der Waals surface area (Å²) in [6, 6.07) is 0.736. The van der Waals surface area contributed by atoms with Crippen LogP contribution in [0.2, 0.25) is 0 Å². The lowest BCUT2D eigenvalue weighted by molar-refractivity contribution is -0.135. The average Bonchev–Trinajstić information content (AvgIpc) is 3.01. The Balaban J connectivity index is 2.38. The molecule has 1 aliphatic rings. The Morgan fingerprint density at radius 1 is 1.28 bits per heavy atom. The molecule has 0 saturated carbocycles. The lowest BCUT2D eigenvalue weighted by atomic mass is 10.0. The van der Waals surface area contributed by atoms with Crippen LogP contribution in [0, 0.1) is 17.5 Å². The molecule has 7 heteroatoms. The Hall–Kier alpha value is -2.57. The highest BCUT2D eigenvalue weighted by atomic mass is 19.2. The van der Waals surface area contributed by atoms with Crippen LogP contribution in [-0.4, -0.2) is 29.9 Å². The van der Waals surface area contributed by atoms with Gasteiger partial charge in [0.15, 0.2) is 17.5 Å². The van der Waals surface area contributed by atoms with Gasteiger partial charge in [0.1, 0.15) is 0 Å². The maximum Gasteiger partial charge on any atom is 0.330 e. The third-order valence-corrected chi connectivity index (χ3v) is 4.12. The van der Waals surface area contributed by atoms with Crippen LogP contribution in [0.15, 0.2) is 36.9 Å². The molecule has 1 fully saturated rings. The third kappa shape index (κ3) is 3.92. The molecule has 2 atom stereocenters. The number of carbonyl (C=O) groups is 2. The molecule has 134 valence electrons. The van der Waals surface area contributed by atoms with Crippen LogP contribution in [0.25, 0.3) is 0 Å². The number of halogens is 3. The van der Waals surface area contributed by atoms with E-state index in [2.05, 4.69) is 11.3 Å². The molecule has 1 saturated heterocycles. The second-order valence-corrected chi connectivity index (χ2v) is 5.60. The van der Waals surface area contributed by atoms with Gasteiger partial charge in [-0.25, -0.2) is 18.0 Å². The second kappa shape index (κ2) is 8.00. The Kier molecular flexibility index (Phi) is 6.01. The van der Waals surface area contributed by atoms with Crippen molar-refractivity contribution in [1.29, 1.82) is 0 Å². The summed E-state index contributed by atoms with van der Waals surface area (Å²) in [5.41, 5.74) is -0.0923. The van der Waals surface area contributed by atoms with Gasteiger partial charge in [0.25, 0.3) is 0 Å². The lowest BCUT2D eigenvalue weighted by Crippen LogP contribution is -2.36. The molecule has 1 aromatic carbocycles. The number of carbonyl (C=O) groups excluding carboxylic acids is 2. The van der Waals surface area contributed by atoms with Gasteiger partial charge in [0, 0.05) is 18.1 Å². The first-order valence-corrected chi connectivity index (χ1v) is 7.72. The fraction of sp³-hybridized carbons (Fsp3) is 0.333.